The van der Waals surface area contributed by atoms with Gasteiger partial charge in [0.1, 0.15) is 17.6 Å². The van der Waals surface area contributed by atoms with Crippen LogP contribution in [0.1, 0.15) is 28.9 Å². The second-order valence-electron chi connectivity index (χ2n) is 7.51. The lowest BCUT2D eigenvalue weighted by Gasteiger charge is -2.31. The van der Waals surface area contributed by atoms with E-state index in [9.17, 15) is 23.2 Å². The number of anilines is 2. The highest BCUT2D eigenvalue weighted by Crippen LogP contribution is 2.20. The lowest BCUT2D eigenvalue weighted by Crippen LogP contribution is -2.43. The molecule has 1 aliphatic rings. The Balaban J connectivity index is 0.000000406. The largest absolute Gasteiger partial charge is 0.490 e. The Labute approximate surface area is 192 Å². The minimum absolute atomic E-state index is 0.145. The van der Waals surface area contributed by atoms with E-state index in [4.69, 9.17) is 15.6 Å². The zero-order chi connectivity index (χ0) is 24.9. The van der Waals surface area contributed by atoms with Gasteiger partial charge in [0.15, 0.2) is 0 Å². The van der Waals surface area contributed by atoms with Gasteiger partial charge in [-0.2, -0.15) is 18.4 Å². The Morgan fingerprint density at radius 2 is 1.85 bits per heavy atom. The Hall–Kier alpha value is -4.11. The first-order valence-corrected chi connectivity index (χ1v) is 10.2. The van der Waals surface area contributed by atoms with Gasteiger partial charge < -0.3 is 21.1 Å². The van der Waals surface area contributed by atoms with E-state index >= 15 is 0 Å². The molecular formula is C22H21F3N6O3. The second-order valence-corrected chi connectivity index (χ2v) is 7.51. The maximum atomic E-state index is 12.8. The van der Waals surface area contributed by atoms with Gasteiger partial charge in [-0.25, -0.2) is 9.31 Å². The third kappa shape index (κ3) is 5.81. The smallest absolute Gasteiger partial charge is 0.475 e. The van der Waals surface area contributed by atoms with Crippen LogP contribution in [0.4, 0.5) is 24.7 Å². The van der Waals surface area contributed by atoms with Crippen molar-refractivity contribution in [2.75, 3.05) is 23.3 Å². The molecule has 0 bridgehead atoms. The number of para-hydroxylation sites is 1. The van der Waals surface area contributed by atoms with Crippen LogP contribution in [0.3, 0.4) is 0 Å². The number of hydrogen-bond donors (Lipinski definition) is 3. The molecule has 0 radical (unpaired) electrons. The zero-order valence-electron chi connectivity index (χ0n) is 17.8. The van der Waals surface area contributed by atoms with Gasteiger partial charge in [-0.3, -0.25) is 4.79 Å². The van der Waals surface area contributed by atoms with Crippen molar-refractivity contribution in [3.8, 4) is 6.07 Å². The number of nitrogens with zero attached hydrogens (tertiary/aromatic N) is 4. The van der Waals surface area contributed by atoms with Crippen LogP contribution in [0.25, 0.3) is 5.52 Å². The molecule has 34 heavy (non-hydrogen) atoms. The average molecular weight is 474 g/mol. The van der Waals surface area contributed by atoms with E-state index in [2.05, 4.69) is 21.4 Å². The summed E-state index contributed by atoms with van der Waals surface area (Å²) in [6, 6.07) is 16.6. The normalized spacial score (nSPS) is 15.7. The summed E-state index contributed by atoms with van der Waals surface area (Å²) < 4.78 is 33.4. The number of alkyl halides is 3. The van der Waals surface area contributed by atoms with Crippen LogP contribution >= 0.6 is 0 Å². The third-order valence-corrected chi connectivity index (χ3v) is 5.04. The highest BCUT2D eigenvalue weighted by molar-refractivity contribution is 6.04. The number of piperidine rings is 1. The molecule has 9 nitrogen and oxygen atoms in total. The van der Waals surface area contributed by atoms with Gasteiger partial charge >= 0.3 is 12.1 Å². The molecule has 178 valence electrons. The summed E-state index contributed by atoms with van der Waals surface area (Å²) >= 11 is 0. The van der Waals surface area contributed by atoms with Crippen LogP contribution in [-0.4, -0.2) is 51.9 Å². The maximum Gasteiger partial charge on any atom is 0.490 e. The molecule has 2 aromatic heterocycles. The molecular weight excluding hydrogens is 453 g/mol. The molecule has 4 N–H and O–H groups in total. The molecule has 0 saturated carbocycles. The fourth-order valence-electron chi connectivity index (χ4n) is 3.41. The lowest BCUT2D eigenvalue weighted by atomic mass is 10.1. The van der Waals surface area contributed by atoms with Gasteiger partial charge in [0.05, 0.1) is 16.8 Å². The summed E-state index contributed by atoms with van der Waals surface area (Å²) in [5, 5.41) is 23.8. The third-order valence-electron chi connectivity index (χ3n) is 5.04. The van der Waals surface area contributed by atoms with Crippen LogP contribution in [0.15, 0.2) is 48.5 Å². The number of fused-ring (bicyclic) bond motifs is 1. The van der Waals surface area contributed by atoms with Crippen molar-refractivity contribution >= 4 is 28.9 Å². The molecule has 3 heterocycles. The second kappa shape index (κ2) is 10.2. The van der Waals surface area contributed by atoms with Crippen molar-refractivity contribution in [2.24, 2.45) is 5.73 Å². The van der Waals surface area contributed by atoms with Gasteiger partial charge in [-0.15, -0.1) is 5.10 Å². The fourth-order valence-corrected chi connectivity index (χ4v) is 3.41. The Morgan fingerprint density at radius 1 is 1.18 bits per heavy atom. The van der Waals surface area contributed by atoms with Crippen molar-refractivity contribution in [1.82, 2.24) is 9.61 Å². The molecule has 0 spiro atoms. The topological polar surface area (TPSA) is 137 Å². The minimum atomic E-state index is -5.08. The number of halogens is 3. The van der Waals surface area contributed by atoms with Gasteiger partial charge in [0, 0.05) is 19.1 Å². The van der Waals surface area contributed by atoms with Crippen molar-refractivity contribution < 1.29 is 27.9 Å². The number of carboxylic acid groups (broad SMARTS) is 1. The van der Waals surface area contributed by atoms with Crippen LogP contribution in [0, 0.1) is 11.3 Å². The predicted molar refractivity (Wildman–Crippen MR) is 117 cm³/mol. The summed E-state index contributed by atoms with van der Waals surface area (Å²) in [5.74, 6) is -2.26. The van der Waals surface area contributed by atoms with E-state index < -0.39 is 12.1 Å². The minimum Gasteiger partial charge on any atom is -0.475 e. The Morgan fingerprint density at radius 3 is 2.50 bits per heavy atom. The Bertz CT molecular complexity index is 1230. The van der Waals surface area contributed by atoms with E-state index in [0.29, 0.717) is 16.9 Å². The van der Waals surface area contributed by atoms with Gasteiger partial charge in [0.2, 0.25) is 0 Å². The number of carboxylic acids is 1. The number of carbonyl (C=O) groups is 2. The number of nitriles is 1. The number of aliphatic carboxylic acids is 1. The first-order chi connectivity index (χ1) is 16.1. The Kier molecular flexibility index (Phi) is 7.37. The van der Waals surface area contributed by atoms with E-state index in [1.54, 1.807) is 34.8 Å². The quantitative estimate of drug-likeness (QED) is 0.531. The first kappa shape index (κ1) is 24.5. The highest BCUT2D eigenvalue weighted by Gasteiger charge is 2.38. The molecule has 3 aromatic rings. The summed E-state index contributed by atoms with van der Waals surface area (Å²) in [6.07, 6.45) is -3.03. The van der Waals surface area contributed by atoms with Crippen molar-refractivity contribution in [3.63, 3.8) is 0 Å². The molecule has 0 unspecified atom stereocenters. The number of amides is 1. The molecule has 1 aliphatic heterocycles. The number of nitrogens with two attached hydrogens (primary N) is 1. The van der Waals surface area contributed by atoms with E-state index in [1.165, 1.54) is 0 Å². The SMILES string of the molecule is N#Cc1ccccc1NC(=O)c1ccc2ccc(N3CCC[C@@H](N)C3)nn12.O=C(O)C(F)(F)F. The summed E-state index contributed by atoms with van der Waals surface area (Å²) in [7, 11) is 0. The van der Waals surface area contributed by atoms with Crippen molar-refractivity contribution in [1.29, 1.82) is 5.26 Å². The fraction of sp³-hybridized carbons (Fsp3) is 0.273. The number of aromatic nitrogens is 2. The maximum absolute atomic E-state index is 12.8. The number of rotatable bonds is 3. The predicted octanol–water partition coefficient (Wildman–Crippen LogP) is 3.02. The van der Waals surface area contributed by atoms with Crippen LogP contribution in [0.5, 0.6) is 0 Å². The molecule has 1 aromatic carbocycles. The van der Waals surface area contributed by atoms with E-state index in [1.807, 2.05) is 18.2 Å². The lowest BCUT2D eigenvalue weighted by molar-refractivity contribution is -0.192. The van der Waals surface area contributed by atoms with Crippen LogP contribution in [-0.2, 0) is 4.79 Å². The van der Waals surface area contributed by atoms with Gasteiger partial charge in [0.25, 0.3) is 5.91 Å². The average Bonchev–Trinajstić information content (AvgIpc) is 3.22. The van der Waals surface area contributed by atoms with Crippen LogP contribution < -0.4 is 16.0 Å². The molecule has 4 rings (SSSR count). The molecule has 12 heteroatoms. The highest BCUT2D eigenvalue weighted by atomic mass is 19.4. The monoisotopic (exact) mass is 474 g/mol. The van der Waals surface area contributed by atoms with Crippen molar-refractivity contribution in [3.05, 3.63) is 59.8 Å². The molecule has 1 amide bonds. The number of hydrogen-bond acceptors (Lipinski definition) is 6. The summed E-state index contributed by atoms with van der Waals surface area (Å²) in [5.41, 5.74) is 8.23. The zero-order valence-corrected chi connectivity index (χ0v) is 17.8. The molecule has 1 fully saturated rings. The van der Waals surface area contributed by atoms with E-state index in [0.717, 1.165) is 37.3 Å². The van der Waals surface area contributed by atoms with Gasteiger partial charge in [-0.1, -0.05) is 12.1 Å². The molecule has 0 aliphatic carbocycles. The number of benzene rings is 1. The number of carbonyl (C=O) groups excluding carboxylic acids is 1. The summed E-state index contributed by atoms with van der Waals surface area (Å²) in [4.78, 5) is 23.8. The van der Waals surface area contributed by atoms with E-state index in [-0.39, 0.29) is 11.9 Å². The molecule has 1 saturated heterocycles. The first-order valence-electron chi connectivity index (χ1n) is 10.2. The van der Waals surface area contributed by atoms with Gasteiger partial charge in [-0.05, 0) is 49.2 Å². The number of nitrogens with one attached hydrogen (secondary N) is 1. The van der Waals surface area contributed by atoms with Crippen molar-refractivity contribution in [2.45, 2.75) is 25.1 Å². The molecule has 1 atom stereocenters. The standard InChI is InChI=1S/C20H20N6O.C2HF3O2/c21-12-14-4-1-2-6-17(14)23-20(27)18-9-7-16-8-10-19(24-26(16)18)25-11-3-5-15(22)13-25;3-2(4,5)1(6)7/h1-2,4,6-10,15H,3,5,11,13,22H2,(H,23,27);(H,6,7)/t15-;/m1./s1. The summed E-state index contributed by atoms with van der Waals surface area (Å²) in [6.45, 7) is 1.67. The van der Waals surface area contributed by atoms with Crippen LogP contribution in [0.2, 0.25) is 0 Å².